The molecule has 5 nitrogen and oxygen atoms in total. The van der Waals surface area contributed by atoms with Gasteiger partial charge in [-0.3, -0.25) is 9.78 Å². The smallest absolute Gasteiger partial charge is 0.189 e. The number of ketones is 1. The molecule has 106 valence electrons. The van der Waals surface area contributed by atoms with Crippen molar-refractivity contribution in [2.45, 2.75) is 26.3 Å². The van der Waals surface area contributed by atoms with Gasteiger partial charge in [0.25, 0.3) is 0 Å². The molecular formula is C16H16N4O. The zero-order chi connectivity index (χ0) is 14.8. The Hall–Kier alpha value is -2.56. The molecule has 0 amide bonds. The molecule has 0 saturated heterocycles. The predicted molar refractivity (Wildman–Crippen MR) is 80.2 cm³/mol. The topological polar surface area (TPSA) is 60.7 Å². The number of benzene rings is 1. The zero-order valence-electron chi connectivity index (χ0n) is 12.0. The lowest BCUT2D eigenvalue weighted by Crippen LogP contribution is -2.14. The molecule has 0 aliphatic heterocycles. The van der Waals surface area contributed by atoms with Crippen LogP contribution in [0.4, 0.5) is 0 Å². The molecule has 3 aromatic rings. The second-order valence-corrected chi connectivity index (χ2v) is 5.20. The highest BCUT2D eigenvalue weighted by atomic mass is 16.1. The Kier molecular flexibility index (Phi) is 3.48. The fourth-order valence-corrected chi connectivity index (χ4v) is 2.40. The van der Waals surface area contributed by atoms with Gasteiger partial charge in [-0.25, -0.2) is 9.67 Å². The molecule has 0 aliphatic rings. The van der Waals surface area contributed by atoms with E-state index in [-0.39, 0.29) is 18.2 Å². The van der Waals surface area contributed by atoms with Crippen LogP contribution in [0.3, 0.4) is 0 Å². The van der Waals surface area contributed by atoms with Crippen molar-refractivity contribution in [2.75, 3.05) is 0 Å². The Bertz CT molecular complexity index is 786. The molecule has 2 heterocycles. The van der Waals surface area contributed by atoms with Gasteiger partial charge in [0.1, 0.15) is 17.8 Å². The lowest BCUT2D eigenvalue weighted by atomic mass is 10.1. The molecule has 0 spiro atoms. The first-order valence-corrected chi connectivity index (χ1v) is 6.92. The Morgan fingerprint density at radius 3 is 2.81 bits per heavy atom. The van der Waals surface area contributed by atoms with Crippen LogP contribution < -0.4 is 0 Å². The third-order valence-electron chi connectivity index (χ3n) is 3.39. The molecule has 0 fully saturated rings. The van der Waals surface area contributed by atoms with Crippen molar-refractivity contribution in [3.63, 3.8) is 0 Å². The van der Waals surface area contributed by atoms with E-state index in [2.05, 4.69) is 15.1 Å². The summed E-state index contributed by atoms with van der Waals surface area (Å²) in [5, 5.41) is 6.05. The maximum absolute atomic E-state index is 12.6. The summed E-state index contributed by atoms with van der Waals surface area (Å²) < 4.78 is 1.77. The Morgan fingerprint density at radius 1 is 1.19 bits per heavy atom. The summed E-state index contributed by atoms with van der Waals surface area (Å²) in [5.74, 6) is 0.631. The van der Waals surface area contributed by atoms with Gasteiger partial charge in [0.15, 0.2) is 5.78 Å². The summed E-state index contributed by atoms with van der Waals surface area (Å²) >= 11 is 0. The van der Waals surface area contributed by atoms with E-state index in [1.165, 1.54) is 6.33 Å². The highest BCUT2D eigenvalue weighted by Gasteiger charge is 2.16. The van der Waals surface area contributed by atoms with Gasteiger partial charge in [0.05, 0.1) is 6.42 Å². The number of fused-ring (bicyclic) bond motifs is 1. The van der Waals surface area contributed by atoms with E-state index in [0.717, 1.165) is 10.8 Å². The van der Waals surface area contributed by atoms with Crippen molar-refractivity contribution in [1.29, 1.82) is 0 Å². The molecule has 0 aliphatic carbocycles. The summed E-state index contributed by atoms with van der Waals surface area (Å²) in [6.07, 6.45) is 3.36. The standard InChI is InChI=1S/C16H16N4O/c1-11(2)20-15(18-10-19-20)9-14(21)16-13-6-4-3-5-12(13)7-8-17-16/h3-8,10-11H,9H2,1-2H3. The molecule has 21 heavy (non-hydrogen) atoms. The highest BCUT2D eigenvalue weighted by Crippen LogP contribution is 2.18. The number of carbonyl (C=O) groups is 1. The minimum absolute atomic E-state index is 0.0401. The lowest BCUT2D eigenvalue weighted by molar-refractivity contribution is 0.0986. The minimum atomic E-state index is -0.0401. The van der Waals surface area contributed by atoms with Gasteiger partial charge in [0, 0.05) is 17.6 Å². The van der Waals surface area contributed by atoms with Crippen LogP contribution in [0.5, 0.6) is 0 Å². The summed E-state index contributed by atoms with van der Waals surface area (Å²) in [5.41, 5.74) is 0.492. The van der Waals surface area contributed by atoms with E-state index in [4.69, 9.17) is 0 Å². The van der Waals surface area contributed by atoms with Gasteiger partial charge in [-0.2, -0.15) is 5.10 Å². The molecule has 0 N–H and O–H groups in total. The van der Waals surface area contributed by atoms with Crippen molar-refractivity contribution in [2.24, 2.45) is 0 Å². The van der Waals surface area contributed by atoms with Crippen LogP contribution in [0, 0.1) is 0 Å². The van der Waals surface area contributed by atoms with Gasteiger partial charge in [-0.15, -0.1) is 0 Å². The van der Waals surface area contributed by atoms with Crippen molar-refractivity contribution in [3.8, 4) is 0 Å². The predicted octanol–water partition coefficient (Wildman–Crippen LogP) is 2.83. The van der Waals surface area contributed by atoms with Crippen LogP contribution in [-0.2, 0) is 6.42 Å². The molecule has 1 aromatic carbocycles. The van der Waals surface area contributed by atoms with Crippen molar-refractivity contribution in [3.05, 3.63) is 54.4 Å². The number of hydrogen-bond acceptors (Lipinski definition) is 4. The number of hydrogen-bond donors (Lipinski definition) is 0. The Labute approximate surface area is 122 Å². The molecule has 0 bridgehead atoms. The highest BCUT2D eigenvalue weighted by molar-refractivity contribution is 6.06. The minimum Gasteiger partial charge on any atom is -0.292 e. The third-order valence-corrected chi connectivity index (χ3v) is 3.39. The largest absolute Gasteiger partial charge is 0.292 e. The van der Waals surface area contributed by atoms with Crippen LogP contribution in [0.25, 0.3) is 10.8 Å². The number of aromatic nitrogens is 4. The third kappa shape index (κ3) is 2.54. The van der Waals surface area contributed by atoms with E-state index in [9.17, 15) is 4.79 Å². The molecule has 0 unspecified atom stereocenters. The summed E-state index contributed by atoms with van der Waals surface area (Å²) in [7, 11) is 0. The van der Waals surface area contributed by atoms with Crippen LogP contribution >= 0.6 is 0 Å². The summed E-state index contributed by atoms with van der Waals surface area (Å²) in [6, 6.07) is 9.84. The molecule has 0 atom stereocenters. The van der Waals surface area contributed by atoms with Crippen LogP contribution in [0.2, 0.25) is 0 Å². The normalized spacial score (nSPS) is 11.2. The first-order chi connectivity index (χ1) is 10.2. The van der Waals surface area contributed by atoms with E-state index in [1.807, 2.05) is 44.2 Å². The van der Waals surface area contributed by atoms with Crippen LogP contribution in [0.1, 0.15) is 36.2 Å². The number of pyridine rings is 1. The van der Waals surface area contributed by atoms with Crippen LogP contribution in [0.15, 0.2) is 42.9 Å². The van der Waals surface area contributed by atoms with Gasteiger partial charge >= 0.3 is 0 Å². The van der Waals surface area contributed by atoms with E-state index in [1.54, 1.807) is 10.9 Å². The summed E-state index contributed by atoms with van der Waals surface area (Å²) in [4.78, 5) is 21.0. The van der Waals surface area contributed by atoms with E-state index in [0.29, 0.717) is 11.5 Å². The van der Waals surface area contributed by atoms with Crippen molar-refractivity contribution >= 4 is 16.6 Å². The maximum atomic E-state index is 12.6. The quantitative estimate of drug-likeness (QED) is 0.689. The molecule has 5 heteroatoms. The number of carbonyl (C=O) groups excluding carboxylic acids is 1. The molecule has 0 saturated carbocycles. The number of nitrogens with zero attached hydrogens (tertiary/aromatic N) is 4. The maximum Gasteiger partial charge on any atom is 0.189 e. The Balaban J connectivity index is 1.96. The van der Waals surface area contributed by atoms with Gasteiger partial charge in [-0.05, 0) is 25.3 Å². The monoisotopic (exact) mass is 280 g/mol. The van der Waals surface area contributed by atoms with Gasteiger partial charge < -0.3 is 0 Å². The summed E-state index contributed by atoms with van der Waals surface area (Å²) in [6.45, 7) is 4.03. The molecule has 0 radical (unpaired) electrons. The van der Waals surface area contributed by atoms with Gasteiger partial charge in [-0.1, -0.05) is 24.3 Å². The zero-order valence-corrected chi connectivity index (χ0v) is 12.0. The van der Waals surface area contributed by atoms with E-state index < -0.39 is 0 Å². The number of rotatable bonds is 4. The average Bonchev–Trinajstić information content (AvgIpc) is 2.95. The molecule has 3 rings (SSSR count). The fraction of sp³-hybridized carbons (Fsp3) is 0.250. The van der Waals surface area contributed by atoms with Gasteiger partial charge in [0.2, 0.25) is 0 Å². The average molecular weight is 280 g/mol. The van der Waals surface area contributed by atoms with Crippen LogP contribution in [-0.4, -0.2) is 25.5 Å². The first-order valence-electron chi connectivity index (χ1n) is 6.92. The number of Topliss-reactive ketones (excluding diaryl/α,β-unsaturated/α-hetero) is 1. The molecular weight excluding hydrogens is 264 g/mol. The fourth-order valence-electron chi connectivity index (χ4n) is 2.40. The van der Waals surface area contributed by atoms with E-state index >= 15 is 0 Å². The second kappa shape index (κ2) is 5.44. The van der Waals surface area contributed by atoms with Crippen molar-refractivity contribution < 1.29 is 4.79 Å². The lowest BCUT2D eigenvalue weighted by Gasteiger charge is -2.09. The van der Waals surface area contributed by atoms with Crippen molar-refractivity contribution in [1.82, 2.24) is 19.7 Å². The SMILES string of the molecule is CC(C)n1ncnc1CC(=O)c1nccc2ccccc12. The molecule has 2 aromatic heterocycles. The first kappa shape index (κ1) is 13.4. The Morgan fingerprint density at radius 2 is 2.00 bits per heavy atom. The second-order valence-electron chi connectivity index (χ2n) is 5.20.